The molecule has 108 valence electrons. The third-order valence-corrected chi connectivity index (χ3v) is 3.59. The van der Waals surface area contributed by atoms with Crippen molar-refractivity contribution in [3.05, 3.63) is 47.5 Å². The Kier molecular flexibility index (Phi) is 4.96. The van der Waals surface area contributed by atoms with Gasteiger partial charge in [-0.15, -0.1) is 0 Å². The summed E-state index contributed by atoms with van der Waals surface area (Å²) in [7, 11) is 0. The molecule has 0 N–H and O–H groups in total. The monoisotopic (exact) mass is 274 g/mol. The second-order valence-corrected chi connectivity index (χ2v) is 5.35. The van der Waals surface area contributed by atoms with Gasteiger partial charge >= 0.3 is 5.97 Å². The molecule has 3 heteroatoms. The predicted molar refractivity (Wildman–Crippen MR) is 78.3 cm³/mol. The van der Waals surface area contributed by atoms with Gasteiger partial charge in [-0.2, -0.15) is 0 Å². The lowest BCUT2D eigenvalue weighted by molar-refractivity contribution is -0.143. The lowest BCUT2D eigenvalue weighted by Crippen LogP contribution is -2.12. The average Bonchev–Trinajstić information content (AvgIpc) is 2.48. The third-order valence-electron chi connectivity index (χ3n) is 3.59. The van der Waals surface area contributed by atoms with Crippen molar-refractivity contribution >= 4 is 5.97 Å². The first-order valence-corrected chi connectivity index (χ1v) is 7.16. The maximum absolute atomic E-state index is 11.5. The third kappa shape index (κ3) is 3.70. The van der Waals surface area contributed by atoms with Crippen molar-refractivity contribution in [2.75, 3.05) is 6.61 Å². The number of carbonyl (C=O) groups excluding carboxylic acids is 1. The van der Waals surface area contributed by atoms with Gasteiger partial charge in [-0.1, -0.05) is 30.8 Å². The zero-order chi connectivity index (χ0) is 14.5. The van der Waals surface area contributed by atoms with Crippen LogP contribution in [0.25, 0.3) is 0 Å². The van der Waals surface area contributed by atoms with Gasteiger partial charge in [-0.3, -0.25) is 0 Å². The van der Waals surface area contributed by atoms with E-state index in [1.807, 2.05) is 19.1 Å². The Labute approximate surface area is 120 Å². The standard InChI is InChI=1S/C17H22O3/c1-12(2)17(18)20-13(3)14-7-9-15(10-8-14)16-6-4-5-11-19-16/h7-10,13,16H,1,4-6,11H2,2-3H3. The molecule has 0 spiro atoms. The van der Waals surface area contributed by atoms with Crippen LogP contribution in [0.3, 0.4) is 0 Å². The van der Waals surface area contributed by atoms with Crippen molar-refractivity contribution in [2.45, 2.75) is 45.3 Å². The quantitative estimate of drug-likeness (QED) is 0.612. The number of esters is 1. The fourth-order valence-corrected chi connectivity index (χ4v) is 2.31. The largest absolute Gasteiger partial charge is 0.454 e. The molecular weight excluding hydrogens is 252 g/mol. The average molecular weight is 274 g/mol. The molecule has 0 bridgehead atoms. The summed E-state index contributed by atoms with van der Waals surface area (Å²) in [5, 5.41) is 0. The minimum atomic E-state index is -0.350. The number of ether oxygens (including phenoxy) is 2. The van der Waals surface area contributed by atoms with E-state index in [0.717, 1.165) is 25.0 Å². The lowest BCUT2D eigenvalue weighted by Gasteiger charge is -2.23. The van der Waals surface area contributed by atoms with Crippen LogP contribution < -0.4 is 0 Å². The van der Waals surface area contributed by atoms with Crippen LogP contribution >= 0.6 is 0 Å². The van der Waals surface area contributed by atoms with Gasteiger partial charge in [-0.25, -0.2) is 4.79 Å². The molecule has 3 nitrogen and oxygen atoms in total. The number of carbonyl (C=O) groups is 1. The molecule has 0 saturated carbocycles. The van der Waals surface area contributed by atoms with Crippen molar-refractivity contribution in [2.24, 2.45) is 0 Å². The smallest absolute Gasteiger partial charge is 0.333 e. The van der Waals surface area contributed by atoms with Crippen LogP contribution in [0.4, 0.5) is 0 Å². The summed E-state index contributed by atoms with van der Waals surface area (Å²) in [5.74, 6) is -0.350. The lowest BCUT2D eigenvalue weighted by atomic mass is 9.99. The summed E-state index contributed by atoms with van der Waals surface area (Å²) >= 11 is 0. The molecule has 1 fully saturated rings. The zero-order valence-electron chi connectivity index (χ0n) is 12.2. The van der Waals surface area contributed by atoms with Gasteiger partial charge in [0.15, 0.2) is 0 Å². The number of benzene rings is 1. The Morgan fingerprint density at radius 3 is 2.60 bits per heavy atom. The summed E-state index contributed by atoms with van der Waals surface area (Å²) in [6, 6.07) is 8.14. The Morgan fingerprint density at radius 1 is 1.35 bits per heavy atom. The van der Waals surface area contributed by atoms with Gasteiger partial charge in [0.1, 0.15) is 6.10 Å². The van der Waals surface area contributed by atoms with Gasteiger partial charge in [0.2, 0.25) is 0 Å². The molecule has 1 aromatic carbocycles. The van der Waals surface area contributed by atoms with Crippen LogP contribution in [0.15, 0.2) is 36.4 Å². The number of rotatable bonds is 4. The minimum absolute atomic E-state index is 0.214. The Morgan fingerprint density at radius 2 is 2.05 bits per heavy atom. The molecule has 0 aromatic heterocycles. The molecule has 1 heterocycles. The number of hydrogen-bond donors (Lipinski definition) is 0. The fourth-order valence-electron chi connectivity index (χ4n) is 2.31. The van der Waals surface area contributed by atoms with Crippen LogP contribution in [0, 0.1) is 0 Å². The summed E-state index contributed by atoms with van der Waals surface area (Å²) < 4.78 is 11.1. The molecule has 0 amide bonds. The molecule has 20 heavy (non-hydrogen) atoms. The van der Waals surface area contributed by atoms with Crippen LogP contribution in [-0.2, 0) is 14.3 Å². The summed E-state index contributed by atoms with van der Waals surface area (Å²) in [5.41, 5.74) is 2.61. The zero-order valence-corrected chi connectivity index (χ0v) is 12.2. The Hall–Kier alpha value is -1.61. The Bertz CT molecular complexity index is 470. The van der Waals surface area contributed by atoms with Gasteiger partial charge in [0.05, 0.1) is 6.10 Å². The minimum Gasteiger partial charge on any atom is -0.454 e. The van der Waals surface area contributed by atoms with Gasteiger partial charge < -0.3 is 9.47 Å². The molecule has 1 aromatic rings. The van der Waals surface area contributed by atoms with E-state index < -0.39 is 0 Å². The first-order chi connectivity index (χ1) is 9.58. The SMILES string of the molecule is C=C(C)C(=O)OC(C)c1ccc(C2CCCCO2)cc1. The van der Waals surface area contributed by atoms with Gasteiger partial charge in [0, 0.05) is 12.2 Å². The number of hydrogen-bond acceptors (Lipinski definition) is 3. The molecule has 2 unspecified atom stereocenters. The van der Waals surface area contributed by atoms with Crippen LogP contribution in [0.1, 0.15) is 56.4 Å². The van der Waals surface area contributed by atoms with E-state index in [9.17, 15) is 4.79 Å². The van der Waals surface area contributed by atoms with E-state index in [4.69, 9.17) is 9.47 Å². The summed E-state index contributed by atoms with van der Waals surface area (Å²) in [6.07, 6.45) is 3.41. The molecule has 1 aliphatic rings. The highest BCUT2D eigenvalue weighted by Gasteiger charge is 2.17. The second-order valence-electron chi connectivity index (χ2n) is 5.35. The van der Waals surface area contributed by atoms with Crippen LogP contribution in [0.2, 0.25) is 0 Å². The van der Waals surface area contributed by atoms with Crippen molar-refractivity contribution in [1.82, 2.24) is 0 Å². The van der Waals surface area contributed by atoms with Crippen molar-refractivity contribution in [1.29, 1.82) is 0 Å². The van der Waals surface area contributed by atoms with E-state index in [1.54, 1.807) is 6.92 Å². The molecule has 1 saturated heterocycles. The highest BCUT2D eigenvalue weighted by molar-refractivity contribution is 5.87. The van der Waals surface area contributed by atoms with Crippen LogP contribution in [0.5, 0.6) is 0 Å². The first kappa shape index (κ1) is 14.8. The fraction of sp³-hybridized carbons (Fsp3) is 0.471. The molecule has 2 atom stereocenters. The summed E-state index contributed by atoms with van der Waals surface area (Å²) in [4.78, 5) is 11.5. The predicted octanol–water partition coefficient (Wildman–Crippen LogP) is 4.11. The molecular formula is C17H22O3. The van der Waals surface area contributed by atoms with E-state index in [0.29, 0.717) is 5.57 Å². The first-order valence-electron chi connectivity index (χ1n) is 7.16. The van der Waals surface area contributed by atoms with E-state index in [2.05, 4.69) is 18.7 Å². The molecule has 0 radical (unpaired) electrons. The maximum atomic E-state index is 11.5. The van der Waals surface area contributed by atoms with E-state index in [1.165, 1.54) is 12.0 Å². The normalized spacial score (nSPS) is 20.2. The molecule has 2 rings (SSSR count). The second kappa shape index (κ2) is 6.71. The van der Waals surface area contributed by atoms with Crippen LogP contribution in [-0.4, -0.2) is 12.6 Å². The topological polar surface area (TPSA) is 35.5 Å². The molecule has 0 aliphatic carbocycles. The van der Waals surface area contributed by atoms with E-state index in [-0.39, 0.29) is 18.2 Å². The highest BCUT2D eigenvalue weighted by Crippen LogP contribution is 2.29. The van der Waals surface area contributed by atoms with E-state index >= 15 is 0 Å². The highest BCUT2D eigenvalue weighted by atomic mass is 16.5. The maximum Gasteiger partial charge on any atom is 0.333 e. The van der Waals surface area contributed by atoms with Gasteiger partial charge in [0.25, 0.3) is 0 Å². The van der Waals surface area contributed by atoms with Crippen molar-refractivity contribution < 1.29 is 14.3 Å². The van der Waals surface area contributed by atoms with Crippen molar-refractivity contribution in [3.8, 4) is 0 Å². The Balaban J connectivity index is 2.00. The van der Waals surface area contributed by atoms with Crippen molar-refractivity contribution in [3.63, 3.8) is 0 Å². The molecule has 1 aliphatic heterocycles. The summed E-state index contributed by atoms with van der Waals surface area (Å²) in [6.45, 7) is 7.95. The van der Waals surface area contributed by atoms with Gasteiger partial charge in [-0.05, 0) is 44.2 Å².